The summed E-state index contributed by atoms with van der Waals surface area (Å²) in [5.74, 6) is 0. The third kappa shape index (κ3) is 2.85. The first-order chi connectivity index (χ1) is 4.26. The van der Waals surface area contributed by atoms with Crippen molar-refractivity contribution in [2.24, 2.45) is 0 Å². The van der Waals surface area contributed by atoms with Gasteiger partial charge in [-0.25, -0.2) is 0 Å². The number of hydrogen-bond acceptors (Lipinski definition) is 0. The predicted octanol–water partition coefficient (Wildman–Crippen LogP) is 1.84. The summed E-state index contributed by atoms with van der Waals surface area (Å²) in [6.45, 7) is 6.77. The SMILES string of the molecule is CCC([SiH3])=C(CC)CC. The summed E-state index contributed by atoms with van der Waals surface area (Å²) < 4.78 is 0. The van der Waals surface area contributed by atoms with Gasteiger partial charge in [0.25, 0.3) is 0 Å². The Balaban J connectivity index is 4.01. The molecule has 0 nitrogen and oxygen atoms in total. The van der Waals surface area contributed by atoms with Gasteiger partial charge in [-0.2, -0.15) is 0 Å². The van der Waals surface area contributed by atoms with E-state index in [0.717, 1.165) is 0 Å². The number of allylic oxidation sites excluding steroid dienone is 2. The third-order valence-corrected chi connectivity index (χ3v) is 3.40. The quantitative estimate of drug-likeness (QED) is 0.527. The van der Waals surface area contributed by atoms with Crippen molar-refractivity contribution in [2.75, 3.05) is 0 Å². The molecule has 0 aliphatic rings. The smallest absolute Gasteiger partial charge is 0.0332 e. The van der Waals surface area contributed by atoms with Gasteiger partial charge in [0, 0.05) is 10.2 Å². The van der Waals surface area contributed by atoms with Crippen molar-refractivity contribution >= 4 is 10.2 Å². The Morgan fingerprint density at radius 2 is 1.44 bits per heavy atom. The summed E-state index contributed by atoms with van der Waals surface area (Å²) in [5.41, 5.74) is 1.70. The predicted molar refractivity (Wildman–Crippen MR) is 47.8 cm³/mol. The molecule has 0 aromatic heterocycles. The van der Waals surface area contributed by atoms with E-state index in [-0.39, 0.29) is 0 Å². The van der Waals surface area contributed by atoms with E-state index < -0.39 is 0 Å². The van der Waals surface area contributed by atoms with Crippen LogP contribution in [0.15, 0.2) is 10.8 Å². The minimum Gasteiger partial charge on any atom is -0.0928 e. The second-order valence-corrected chi connectivity index (χ2v) is 3.65. The van der Waals surface area contributed by atoms with E-state index >= 15 is 0 Å². The maximum absolute atomic E-state index is 2.26. The minimum atomic E-state index is 1.27. The molecule has 0 aliphatic carbocycles. The molecule has 0 heterocycles. The highest BCUT2D eigenvalue weighted by Gasteiger charge is 1.93. The van der Waals surface area contributed by atoms with Gasteiger partial charge in [0.15, 0.2) is 0 Å². The van der Waals surface area contributed by atoms with Crippen molar-refractivity contribution < 1.29 is 0 Å². The molecule has 0 bridgehead atoms. The zero-order valence-corrected chi connectivity index (χ0v) is 9.12. The summed E-state index contributed by atoms with van der Waals surface area (Å²) in [7, 11) is 1.27. The lowest BCUT2D eigenvalue weighted by Gasteiger charge is -2.04. The Morgan fingerprint density at radius 3 is 1.56 bits per heavy atom. The molecule has 0 N–H and O–H groups in total. The number of rotatable bonds is 3. The Labute approximate surface area is 61.8 Å². The highest BCUT2D eigenvalue weighted by Crippen LogP contribution is 2.11. The fourth-order valence-corrected chi connectivity index (χ4v) is 1.81. The largest absolute Gasteiger partial charge is 0.0928 e. The summed E-state index contributed by atoms with van der Waals surface area (Å²) >= 11 is 0. The first kappa shape index (κ1) is 8.96. The molecule has 0 saturated carbocycles. The molecule has 0 aromatic rings. The topological polar surface area (TPSA) is 0 Å². The van der Waals surface area contributed by atoms with Crippen LogP contribution >= 0.6 is 0 Å². The summed E-state index contributed by atoms with van der Waals surface area (Å²) in [6.07, 6.45) is 3.82. The fourth-order valence-electron chi connectivity index (χ4n) is 1.10. The van der Waals surface area contributed by atoms with E-state index in [1.807, 2.05) is 0 Å². The Bertz CT molecular complexity index is 97.1. The summed E-state index contributed by atoms with van der Waals surface area (Å²) in [4.78, 5) is 0. The second-order valence-electron chi connectivity index (χ2n) is 2.44. The molecule has 0 amide bonds. The maximum Gasteiger partial charge on any atom is 0.0332 e. The van der Waals surface area contributed by atoms with Crippen LogP contribution in [0.25, 0.3) is 0 Å². The van der Waals surface area contributed by atoms with Gasteiger partial charge in [-0.05, 0) is 19.3 Å². The van der Waals surface area contributed by atoms with Crippen molar-refractivity contribution in [3.05, 3.63) is 10.8 Å². The van der Waals surface area contributed by atoms with Gasteiger partial charge in [-0.1, -0.05) is 31.5 Å². The van der Waals surface area contributed by atoms with Crippen molar-refractivity contribution in [3.8, 4) is 0 Å². The molecular weight excluding hydrogens is 124 g/mol. The van der Waals surface area contributed by atoms with Gasteiger partial charge in [0.2, 0.25) is 0 Å². The number of hydrogen-bond donors (Lipinski definition) is 0. The normalized spacial score (nSPS) is 9.67. The average Bonchev–Trinajstić information content (AvgIpc) is 1.90. The van der Waals surface area contributed by atoms with Crippen molar-refractivity contribution in [2.45, 2.75) is 40.0 Å². The van der Waals surface area contributed by atoms with Crippen LogP contribution in [0.3, 0.4) is 0 Å². The van der Waals surface area contributed by atoms with Gasteiger partial charge in [0.05, 0.1) is 0 Å². The van der Waals surface area contributed by atoms with E-state index in [0.29, 0.717) is 0 Å². The van der Waals surface area contributed by atoms with E-state index in [1.54, 1.807) is 10.8 Å². The first-order valence-corrected chi connectivity index (χ1v) is 4.93. The molecule has 9 heavy (non-hydrogen) atoms. The monoisotopic (exact) mass is 142 g/mol. The second kappa shape index (κ2) is 4.80. The highest BCUT2D eigenvalue weighted by atomic mass is 28.1. The fraction of sp³-hybridized carbons (Fsp3) is 0.750. The molecule has 0 radical (unpaired) electrons. The van der Waals surface area contributed by atoms with Gasteiger partial charge in [-0.3, -0.25) is 0 Å². The van der Waals surface area contributed by atoms with Crippen LogP contribution in [0.5, 0.6) is 0 Å². The van der Waals surface area contributed by atoms with Crippen molar-refractivity contribution in [1.29, 1.82) is 0 Å². The molecule has 0 atom stereocenters. The van der Waals surface area contributed by atoms with Crippen molar-refractivity contribution in [1.82, 2.24) is 0 Å². The molecule has 0 fully saturated rings. The zero-order valence-electron chi connectivity index (χ0n) is 7.12. The van der Waals surface area contributed by atoms with Crippen LogP contribution < -0.4 is 0 Å². The minimum absolute atomic E-state index is 1.27. The third-order valence-electron chi connectivity index (χ3n) is 1.99. The van der Waals surface area contributed by atoms with E-state index in [1.165, 1.54) is 29.5 Å². The lowest BCUT2D eigenvalue weighted by atomic mass is 10.1. The summed E-state index contributed by atoms with van der Waals surface area (Å²) in [6, 6.07) is 0. The van der Waals surface area contributed by atoms with Crippen LogP contribution in [0.4, 0.5) is 0 Å². The molecule has 0 aliphatic heterocycles. The molecule has 0 aromatic carbocycles. The first-order valence-electron chi connectivity index (χ1n) is 3.93. The van der Waals surface area contributed by atoms with Crippen LogP contribution in [0, 0.1) is 0 Å². The standard InChI is InChI=1S/C8H18Si/c1-4-7(5-2)8(9)6-3/h4-6H2,1-3,9H3. The highest BCUT2D eigenvalue weighted by molar-refractivity contribution is 6.21. The molecule has 0 rings (SSSR count). The lowest BCUT2D eigenvalue weighted by molar-refractivity contribution is 0.944. The summed E-state index contributed by atoms with van der Waals surface area (Å²) in [5, 5.41) is 1.72. The Morgan fingerprint density at radius 1 is 1.00 bits per heavy atom. The zero-order chi connectivity index (χ0) is 7.28. The molecule has 0 unspecified atom stereocenters. The Kier molecular flexibility index (Phi) is 4.78. The van der Waals surface area contributed by atoms with Gasteiger partial charge >= 0.3 is 0 Å². The average molecular weight is 142 g/mol. The van der Waals surface area contributed by atoms with E-state index in [2.05, 4.69) is 20.8 Å². The lowest BCUT2D eigenvalue weighted by Crippen LogP contribution is -1.87. The maximum atomic E-state index is 2.26. The van der Waals surface area contributed by atoms with Gasteiger partial charge in [-0.15, -0.1) is 0 Å². The molecule has 1 heteroatoms. The van der Waals surface area contributed by atoms with E-state index in [9.17, 15) is 0 Å². The molecule has 54 valence electrons. The molecule has 0 spiro atoms. The van der Waals surface area contributed by atoms with Crippen LogP contribution in [-0.4, -0.2) is 10.2 Å². The molecular formula is C8H18Si. The van der Waals surface area contributed by atoms with Crippen LogP contribution in [0.2, 0.25) is 0 Å². The van der Waals surface area contributed by atoms with E-state index in [4.69, 9.17) is 0 Å². The molecule has 0 saturated heterocycles. The Hall–Kier alpha value is -0.0431. The van der Waals surface area contributed by atoms with Crippen molar-refractivity contribution in [3.63, 3.8) is 0 Å². The van der Waals surface area contributed by atoms with Gasteiger partial charge in [0.1, 0.15) is 0 Å². The van der Waals surface area contributed by atoms with Gasteiger partial charge < -0.3 is 0 Å². The van der Waals surface area contributed by atoms with Crippen LogP contribution in [-0.2, 0) is 0 Å². The van der Waals surface area contributed by atoms with Crippen LogP contribution in [0.1, 0.15) is 40.0 Å².